The van der Waals surface area contributed by atoms with Crippen LogP contribution in [0.25, 0.3) is 22.3 Å². The van der Waals surface area contributed by atoms with Gasteiger partial charge >= 0.3 is 6.09 Å². The molecule has 0 aliphatic carbocycles. The van der Waals surface area contributed by atoms with E-state index in [1.165, 1.54) is 10.5 Å². The van der Waals surface area contributed by atoms with E-state index in [9.17, 15) is 15.0 Å². The molecular weight excluding hydrogens is 434 g/mol. The van der Waals surface area contributed by atoms with Crippen molar-refractivity contribution in [1.29, 1.82) is 0 Å². The smallest absolute Gasteiger partial charge is 0.407 e. The molecule has 2 aromatic heterocycles. The number of hydrogen-bond acceptors (Lipinski definition) is 7. The van der Waals surface area contributed by atoms with E-state index >= 15 is 0 Å². The molecule has 1 aromatic carbocycles. The van der Waals surface area contributed by atoms with Gasteiger partial charge in [0, 0.05) is 43.8 Å². The number of likely N-dealkylation sites (tertiary alicyclic amines) is 1. The van der Waals surface area contributed by atoms with Gasteiger partial charge in [0.2, 0.25) is 5.95 Å². The van der Waals surface area contributed by atoms with Crippen LogP contribution in [0, 0.1) is 0 Å². The monoisotopic (exact) mass is 465 g/mol. The maximum atomic E-state index is 11.4. The van der Waals surface area contributed by atoms with Gasteiger partial charge in [-0.25, -0.2) is 14.8 Å². The van der Waals surface area contributed by atoms with Crippen molar-refractivity contribution in [2.75, 3.05) is 44.2 Å². The lowest BCUT2D eigenvalue weighted by molar-refractivity contribution is 0.128. The van der Waals surface area contributed by atoms with Gasteiger partial charge in [-0.1, -0.05) is 24.3 Å². The normalized spacial score (nSPS) is 23.7. The number of carbonyl (C=O) groups is 1. The Balaban J connectivity index is 1.39. The molecule has 34 heavy (non-hydrogen) atoms. The summed E-state index contributed by atoms with van der Waals surface area (Å²) in [7, 11) is 0. The molecule has 0 spiro atoms. The Morgan fingerprint density at radius 3 is 2.56 bits per heavy atom. The fraction of sp³-hybridized carbons (Fsp3) is 0.500. The number of aliphatic hydroxyl groups excluding tert-OH is 1. The standard InChI is InChI=1S/C24H31N7O3/c1-15-12-30(24(33)34)13-16(2)31(15)23-25-11-20-22(26-23)21(28-27-20)18-5-3-17(4-6-18)19-7-8-29(14-19)9-10-32/h3-6,11,15-16,19,32H,7-10,12-14H2,1-2H3,(H,27,28)(H,33,34)/t15-,16?,19?/m0/s1. The van der Waals surface area contributed by atoms with E-state index in [0.29, 0.717) is 25.0 Å². The molecule has 2 aliphatic heterocycles. The number of aromatic nitrogens is 4. The minimum atomic E-state index is -0.894. The largest absolute Gasteiger partial charge is 0.465 e. The maximum Gasteiger partial charge on any atom is 0.407 e. The summed E-state index contributed by atoms with van der Waals surface area (Å²) >= 11 is 0. The van der Waals surface area contributed by atoms with E-state index in [4.69, 9.17) is 4.98 Å². The third-order valence-corrected chi connectivity index (χ3v) is 7.05. The minimum absolute atomic E-state index is 0.0382. The van der Waals surface area contributed by atoms with E-state index in [1.54, 1.807) is 6.20 Å². The van der Waals surface area contributed by atoms with Crippen molar-refractivity contribution in [1.82, 2.24) is 30.0 Å². The molecule has 4 heterocycles. The van der Waals surface area contributed by atoms with Gasteiger partial charge in [0.25, 0.3) is 0 Å². The molecule has 2 unspecified atom stereocenters. The lowest BCUT2D eigenvalue weighted by Crippen LogP contribution is -2.58. The number of nitrogens with zero attached hydrogens (tertiary/aromatic N) is 6. The average Bonchev–Trinajstić information content (AvgIpc) is 3.46. The minimum Gasteiger partial charge on any atom is -0.465 e. The number of β-amino-alcohol motifs (C(OH)–C–C–N with tert-alkyl or cyclic N) is 1. The Hall–Kier alpha value is -3.24. The van der Waals surface area contributed by atoms with Crippen LogP contribution in [0.2, 0.25) is 0 Å². The average molecular weight is 466 g/mol. The Morgan fingerprint density at radius 1 is 1.15 bits per heavy atom. The number of piperazine rings is 1. The summed E-state index contributed by atoms with van der Waals surface area (Å²) in [4.78, 5) is 26.7. The SMILES string of the molecule is CC1CN(C(=O)O)C[C@H](C)N1c1ncc2[nH]nc(-c3ccc(C4CCN(CCO)C4)cc3)c2n1. The topological polar surface area (TPSA) is 122 Å². The lowest BCUT2D eigenvalue weighted by atomic mass is 9.96. The van der Waals surface area contributed by atoms with Gasteiger partial charge in [0.1, 0.15) is 16.7 Å². The predicted octanol–water partition coefficient (Wildman–Crippen LogP) is 2.38. The number of amides is 1. The van der Waals surface area contributed by atoms with Gasteiger partial charge < -0.3 is 24.9 Å². The second-order valence-corrected chi connectivity index (χ2v) is 9.43. The van der Waals surface area contributed by atoms with E-state index in [2.05, 4.69) is 49.2 Å². The van der Waals surface area contributed by atoms with Crippen molar-refractivity contribution in [2.24, 2.45) is 0 Å². The van der Waals surface area contributed by atoms with Gasteiger partial charge in [0.15, 0.2) is 0 Å². The van der Waals surface area contributed by atoms with Crippen molar-refractivity contribution >= 4 is 23.1 Å². The fourth-order valence-corrected chi connectivity index (χ4v) is 5.37. The summed E-state index contributed by atoms with van der Waals surface area (Å²) in [6.45, 7) is 7.77. The highest BCUT2D eigenvalue weighted by atomic mass is 16.4. The zero-order chi connectivity index (χ0) is 23.8. The molecule has 180 valence electrons. The number of carboxylic acid groups (broad SMARTS) is 1. The predicted molar refractivity (Wildman–Crippen MR) is 129 cm³/mol. The van der Waals surface area contributed by atoms with Crippen molar-refractivity contribution in [3.05, 3.63) is 36.0 Å². The number of anilines is 1. The van der Waals surface area contributed by atoms with E-state index in [-0.39, 0.29) is 18.7 Å². The van der Waals surface area contributed by atoms with Crippen LogP contribution in [0.1, 0.15) is 31.7 Å². The molecule has 0 saturated carbocycles. The number of aliphatic hydroxyl groups is 1. The summed E-state index contributed by atoms with van der Waals surface area (Å²) in [5, 5.41) is 26.1. The first kappa shape index (κ1) is 22.5. The first-order valence-corrected chi connectivity index (χ1v) is 11.9. The third-order valence-electron chi connectivity index (χ3n) is 7.05. The molecule has 2 fully saturated rings. The van der Waals surface area contributed by atoms with Gasteiger partial charge in [-0.15, -0.1) is 0 Å². The van der Waals surface area contributed by atoms with Crippen LogP contribution in [-0.4, -0.2) is 97.7 Å². The molecule has 1 amide bonds. The molecular formula is C24H31N7O3. The molecule has 2 aliphatic rings. The molecule has 10 heteroatoms. The van der Waals surface area contributed by atoms with Gasteiger partial charge in [-0.05, 0) is 38.3 Å². The van der Waals surface area contributed by atoms with Crippen molar-refractivity contribution in [3.8, 4) is 11.3 Å². The summed E-state index contributed by atoms with van der Waals surface area (Å²) in [6.07, 6.45) is 1.96. The summed E-state index contributed by atoms with van der Waals surface area (Å²) in [6, 6.07) is 8.45. The van der Waals surface area contributed by atoms with E-state index in [0.717, 1.165) is 48.3 Å². The molecule has 0 radical (unpaired) electrons. The van der Waals surface area contributed by atoms with E-state index in [1.807, 2.05) is 13.8 Å². The van der Waals surface area contributed by atoms with Gasteiger partial charge in [0.05, 0.1) is 12.8 Å². The Bertz CT molecular complexity index is 1150. The molecule has 5 rings (SSSR count). The zero-order valence-corrected chi connectivity index (χ0v) is 19.6. The van der Waals surface area contributed by atoms with Crippen LogP contribution < -0.4 is 4.90 Å². The van der Waals surface area contributed by atoms with Crippen molar-refractivity contribution in [3.63, 3.8) is 0 Å². The zero-order valence-electron chi connectivity index (χ0n) is 19.6. The number of rotatable bonds is 5. The number of H-pyrrole nitrogens is 1. The van der Waals surface area contributed by atoms with Crippen LogP contribution in [0.5, 0.6) is 0 Å². The first-order valence-electron chi connectivity index (χ1n) is 11.9. The fourth-order valence-electron chi connectivity index (χ4n) is 5.37. The van der Waals surface area contributed by atoms with Crippen LogP contribution in [0.4, 0.5) is 10.7 Å². The molecule has 3 aromatic rings. The number of nitrogens with one attached hydrogen (secondary N) is 1. The Kier molecular flexibility index (Phi) is 6.09. The molecule has 0 bridgehead atoms. The van der Waals surface area contributed by atoms with Crippen LogP contribution in [0.3, 0.4) is 0 Å². The number of aromatic amines is 1. The van der Waals surface area contributed by atoms with Crippen LogP contribution in [0.15, 0.2) is 30.5 Å². The summed E-state index contributed by atoms with van der Waals surface area (Å²) in [5.41, 5.74) is 4.60. The molecule has 2 saturated heterocycles. The highest BCUT2D eigenvalue weighted by molar-refractivity contribution is 5.89. The second kappa shape index (κ2) is 9.19. The maximum absolute atomic E-state index is 11.4. The Morgan fingerprint density at radius 2 is 1.88 bits per heavy atom. The highest BCUT2D eigenvalue weighted by Crippen LogP contribution is 2.31. The van der Waals surface area contributed by atoms with Gasteiger partial charge in [-0.3, -0.25) is 5.10 Å². The highest BCUT2D eigenvalue weighted by Gasteiger charge is 2.33. The quantitative estimate of drug-likeness (QED) is 0.525. The Labute approximate surface area is 198 Å². The number of benzene rings is 1. The van der Waals surface area contributed by atoms with E-state index < -0.39 is 6.09 Å². The molecule has 3 N–H and O–H groups in total. The van der Waals surface area contributed by atoms with Crippen LogP contribution in [-0.2, 0) is 0 Å². The van der Waals surface area contributed by atoms with Crippen molar-refractivity contribution in [2.45, 2.75) is 38.3 Å². The van der Waals surface area contributed by atoms with Crippen LogP contribution >= 0.6 is 0 Å². The second-order valence-electron chi connectivity index (χ2n) is 9.43. The third kappa shape index (κ3) is 4.19. The lowest BCUT2D eigenvalue weighted by Gasteiger charge is -2.43. The first-order chi connectivity index (χ1) is 16.4. The summed E-state index contributed by atoms with van der Waals surface area (Å²) in [5.74, 6) is 1.07. The molecule has 10 nitrogen and oxygen atoms in total. The number of hydrogen-bond donors (Lipinski definition) is 3. The number of fused-ring (bicyclic) bond motifs is 1. The molecule has 3 atom stereocenters. The summed E-state index contributed by atoms with van der Waals surface area (Å²) < 4.78 is 0. The van der Waals surface area contributed by atoms with Gasteiger partial charge in [-0.2, -0.15) is 5.10 Å². The van der Waals surface area contributed by atoms with Crippen molar-refractivity contribution < 1.29 is 15.0 Å².